The van der Waals surface area contributed by atoms with E-state index in [2.05, 4.69) is 15.9 Å². The highest BCUT2D eigenvalue weighted by Gasteiger charge is 2.04. The van der Waals surface area contributed by atoms with Gasteiger partial charge in [-0.3, -0.25) is 4.79 Å². The first-order chi connectivity index (χ1) is 12.1. The van der Waals surface area contributed by atoms with Gasteiger partial charge in [-0.15, -0.1) is 0 Å². The lowest BCUT2D eigenvalue weighted by Gasteiger charge is -2.03. The van der Waals surface area contributed by atoms with Crippen LogP contribution in [0, 0.1) is 5.82 Å². The SMILES string of the molecule is O=C(/C=C/c1ccc(COc2ccc(Br)cc2)o1)c1ccc(F)cc1. The highest BCUT2D eigenvalue weighted by Crippen LogP contribution is 2.18. The summed E-state index contributed by atoms with van der Waals surface area (Å²) in [5, 5.41) is 0. The molecule has 0 bridgehead atoms. The van der Waals surface area contributed by atoms with Gasteiger partial charge in [-0.05, 0) is 72.8 Å². The van der Waals surface area contributed by atoms with Crippen molar-refractivity contribution in [1.29, 1.82) is 0 Å². The molecular formula is C20H14BrFO3. The molecule has 1 aromatic heterocycles. The molecule has 0 atom stereocenters. The van der Waals surface area contributed by atoms with Gasteiger partial charge in [-0.1, -0.05) is 15.9 Å². The Balaban J connectivity index is 1.58. The minimum atomic E-state index is -0.373. The van der Waals surface area contributed by atoms with Gasteiger partial charge >= 0.3 is 0 Å². The molecule has 0 saturated carbocycles. The van der Waals surface area contributed by atoms with Crippen molar-refractivity contribution in [2.75, 3.05) is 0 Å². The number of ketones is 1. The smallest absolute Gasteiger partial charge is 0.185 e. The van der Waals surface area contributed by atoms with Crippen LogP contribution >= 0.6 is 15.9 Å². The van der Waals surface area contributed by atoms with Gasteiger partial charge in [-0.2, -0.15) is 0 Å². The summed E-state index contributed by atoms with van der Waals surface area (Å²) in [5.41, 5.74) is 0.419. The Hall–Kier alpha value is -2.66. The van der Waals surface area contributed by atoms with E-state index in [1.165, 1.54) is 30.3 Å². The van der Waals surface area contributed by atoms with Gasteiger partial charge in [0, 0.05) is 10.0 Å². The van der Waals surface area contributed by atoms with Crippen LogP contribution in [0.2, 0.25) is 0 Å². The second kappa shape index (κ2) is 7.94. The number of hydrogen-bond acceptors (Lipinski definition) is 3. The molecule has 0 amide bonds. The zero-order valence-electron chi connectivity index (χ0n) is 13.1. The van der Waals surface area contributed by atoms with E-state index in [0.29, 0.717) is 23.7 Å². The molecule has 126 valence electrons. The fourth-order valence-corrected chi connectivity index (χ4v) is 2.38. The van der Waals surface area contributed by atoms with Gasteiger partial charge in [0.2, 0.25) is 0 Å². The largest absolute Gasteiger partial charge is 0.486 e. The fraction of sp³-hybridized carbons (Fsp3) is 0.0500. The predicted molar refractivity (Wildman–Crippen MR) is 96.9 cm³/mol. The Morgan fingerprint density at radius 3 is 2.48 bits per heavy atom. The van der Waals surface area contributed by atoms with E-state index in [9.17, 15) is 9.18 Å². The van der Waals surface area contributed by atoms with Crippen molar-refractivity contribution in [2.24, 2.45) is 0 Å². The molecule has 0 aliphatic rings. The Morgan fingerprint density at radius 2 is 1.76 bits per heavy atom. The predicted octanol–water partition coefficient (Wildman–Crippen LogP) is 5.66. The molecule has 0 aliphatic carbocycles. The van der Waals surface area contributed by atoms with E-state index in [0.717, 1.165) is 10.2 Å². The molecule has 5 heteroatoms. The second-order valence-electron chi connectivity index (χ2n) is 5.25. The molecule has 25 heavy (non-hydrogen) atoms. The van der Waals surface area contributed by atoms with Crippen molar-refractivity contribution < 1.29 is 18.3 Å². The normalized spacial score (nSPS) is 11.0. The van der Waals surface area contributed by atoms with Gasteiger partial charge in [0.15, 0.2) is 5.78 Å². The molecule has 3 rings (SSSR count). The van der Waals surface area contributed by atoms with Gasteiger partial charge < -0.3 is 9.15 Å². The highest BCUT2D eigenvalue weighted by molar-refractivity contribution is 9.10. The standard InChI is InChI=1S/C20H14BrFO3/c21-15-3-7-17(8-4-15)24-13-19-10-9-18(25-19)11-12-20(23)14-1-5-16(22)6-2-14/h1-12H,13H2/b12-11+. The average molecular weight is 401 g/mol. The number of allylic oxidation sites excluding steroid dienone is 1. The number of carbonyl (C=O) groups excluding carboxylic acids is 1. The Morgan fingerprint density at radius 1 is 1.04 bits per heavy atom. The van der Waals surface area contributed by atoms with Crippen LogP contribution in [0.4, 0.5) is 4.39 Å². The van der Waals surface area contributed by atoms with E-state index in [1.807, 2.05) is 24.3 Å². The maximum atomic E-state index is 12.9. The van der Waals surface area contributed by atoms with Crippen LogP contribution in [0.25, 0.3) is 6.08 Å². The maximum Gasteiger partial charge on any atom is 0.185 e. The monoisotopic (exact) mass is 400 g/mol. The van der Waals surface area contributed by atoms with Crippen LogP contribution in [-0.4, -0.2) is 5.78 Å². The van der Waals surface area contributed by atoms with Gasteiger partial charge in [0.25, 0.3) is 0 Å². The van der Waals surface area contributed by atoms with Crippen LogP contribution in [0.1, 0.15) is 21.9 Å². The lowest BCUT2D eigenvalue weighted by molar-refractivity contribution is 0.104. The Labute approximate surface area is 152 Å². The van der Waals surface area contributed by atoms with Crippen molar-refractivity contribution >= 4 is 27.8 Å². The minimum absolute atomic E-state index is 0.218. The van der Waals surface area contributed by atoms with E-state index in [-0.39, 0.29) is 11.6 Å². The third kappa shape index (κ3) is 4.90. The Kier molecular flexibility index (Phi) is 5.46. The van der Waals surface area contributed by atoms with E-state index in [1.54, 1.807) is 18.2 Å². The quantitative estimate of drug-likeness (QED) is 0.396. The number of ether oxygens (including phenoxy) is 1. The number of halogens is 2. The molecular weight excluding hydrogens is 387 g/mol. The molecule has 0 aliphatic heterocycles. The summed E-state index contributed by atoms with van der Waals surface area (Å²) in [5.74, 6) is 1.34. The number of hydrogen-bond donors (Lipinski definition) is 0. The summed E-state index contributed by atoms with van der Waals surface area (Å²) in [4.78, 5) is 12.0. The van der Waals surface area contributed by atoms with Crippen molar-refractivity contribution in [3.05, 3.63) is 94.1 Å². The summed E-state index contributed by atoms with van der Waals surface area (Å²) in [6, 6.07) is 16.5. The van der Waals surface area contributed by atoms with Crippen molar-refractivity contribution in [3.8, 4) is 5.75 Å². The van der Waals surface area contributed by atoms with Crippen molar-refractivity contribution in [3.63, 3.8) is 0 Å². The summed E-state index contributed by atoms with van der Waals surface area (Å²) < 4.78 is 25.1. The topological polar surface area (TPSA) is 39.4 Å². The molecule has 3 nitrogen and oxygen atoms in total. The van der Waals surface area contributed by atoms with Gasteiger partial charge in [0.05, 0.1) is 0 Å². The van der Waals surface area contributed by atoms with E-state index in [4.69, 9.17) is 9.15 Å². The zero-order chi connectivity index (χ0) is 17.6. The Bertz CT molecular complexity index is 880. The lowest BCUT2D eigenvalue weighted by atomic mass is 10.1. The van der Waals surface area contributed by atoms with Crippen LogP contribution in [-0.2, 0) is 6.61 Å². The summed E-state index contributed by atoms with van der Waals surface area (Å²) in [6.45, 7) is 0.293. The van der Waals surface area contributed by atoms with Crippen molar-refractivity contribution in [1.82, 2.24) is 0 Å². The lowest BCUT2D eigenvalue weighted by Crippen LogP contribution is -1.94. The van der Waals surface area contributed by atoms with Crippen LogP contribution in [0.5, 0.6) is 5.75 Å². The van der Waals surface area contributed by atoms with E-state index >= 15 is 0 Å². The molecule has 0 saturated heterocycles. The molecule has 0 spiro atoms. The molecule has 0 radical (unpaired) electrons. The third-order valence-electron chi connectivity index (χ3n) is 3.40. The summed E-state index contributed by atoms with van der Waals surface area (Å²) >= 11 is 3.37. The highest BCUT2D eigenvalue weighted by atomic mass is 79.9. The van der Waals surface area contributed by atoms with Crippen LogP contribution in [0.3, 0.4) is 0 Å². The fourth-order valence-electron chi connectivity index (χ4n) is 2.12. The molecule has 1 heterocycles. The van der Waals surface area contributed by atoms with E-state index < -0.39 is 0 Å². The number of carbonyl (C=O) groups is 1. The number of benzene rings is 2. The molecule has 0 unspecified atom stereocenters. The first-order valence-electron chi connectivity index (χ1n) is 7.55. The van der Waals surface area contributed by atoms with Gasteiger partial charge in [-0.25, -0.2) is 4.39 Å². The third-order valence-corrected chi connectivity index (χ3v) is 3.93. The minimum Gasteiger partial charge on any atom is -0.486 e. The molecule has 0 fully saturated rings. The number of rotatable bonds is 6. The summed E-state index contributed by atoms with van der Waals surface area (Å²) in [7, 11) is 0. The molecule has 0 N–H and O–H groups in total. The second-order valence-corrected chi connectivity index (χ2v) is 6.17. The summed E-state index contributed by atoms with van der Waals surface area (Å²) in [6.07, 6.45) is 2.97. The van der Waals surface area contributed by atoms with Crippen molar-refractivity contribution in [2.45, 2.75) is 6.61 Å². The maximum absolute atomic E-state index is 12.9. The first-order valence-corrected chi connectivity index (χ1v) is 8.34. The molecule has 2 aromatic carbocycles. The zero-order valence-corrected chi connectivity index (χ0v) is 14.7. The number of furan rings is 1. The average Bonchev–Trinajstić information content (AvgIpc) is 3.08. The molecule has 3 aromatic rings. The first kappa shape index (κ1) is 17.2. The van der Waals surface area contributed by atoms with Gasteiger partial charge in [0.1, 0.15) is 29.7 Å². The van der Waals surface area contributed by atoms with Crippen LogP contribution in [0.15, 0.2) is 75.6 Å². The van der Waals surface area contributed by atoms with Crippen LogP contribution < -0.4 is 4.74 Å².